The van der Waals surface area contributed by atoms with Crippen LogP contribution in [0.1, 0.15) is 74.9 Å². The van der Waals surface area contributed by atoms with E-state index in [-0.39, 0.29) is 11.0 Å². The van der Waals surface area contributed by atoms with Crippen molar-refractivity contribution in [3.05, 3.63) is 53.9 Å². The largest absolute Gasteiger partial charge is 0.375 e. The fraction of sp³-hybridized carbons (Fsp3) is 0.609. The summed E-state index contributed by atoms with van der Waals surface area (Å²) in [4.78, 5) is 13.4. The third-order valence-electron chi connectivity index (χ3n) is 6.58. The maximum atomic E-state index is 6.35. The molecular weight excluding hydrogens is 334 g/mol. The summed E-state index contributed by atoms with van der Waals surface area (Å²) in [6.07, 6.45) is 17.8. The third-order valence-corrected chi connectivity index (χ3v) is 6.58. The molecule has 144 valence electrons. The number of unbranched alkanes of at least 4 members (excludes halogenated alkanes) is 1. The van der Waals surface area contributed by atoms with Gasteiger partial charge in [-0.25, -0.2) is 9.97 Å². The highest BCUT2D eigenvalue weighted by Gasteiger charge is 2.48. The molecule has 1 atom stereocenters. The Morgan fingerprint density at radius 2 is 1.81 bits per heavy atom. The first-order valence-corrected chi connectivity index (χ1v) is 10.5. The molecule has 1 aliphatic heterocycles. The highest BCUT2D eigenvalue weighted by molar-refractivity contribution is 5.20. The summed E-state index contributed by atoms with van der Waals surface area (Å²) in [5.74, 6) is 0.844. The lowest BCUT2D eigenvalue weighted by atomic mass is 9.67. The zero-order valence-corrected chi connectivity index (χ0v) is 16.5. The Bertz CT molecular complexity index is 725. The van der Waals surface area contributed by atoms with Crippen molar-refractivity contribution in [3.8, 4) is 0 Å². The van der Waals surface area contributed by atoms with Crippen LogP contribution in [0.3, 0.4) is 0 Å². The number of ether oxygens (including phenoxy) is 1. The Morgan fingerprint density at radius 3 is 2.56 bits per heavy atom. The topological polar surface area (TPSA) is 47.9 Å². The number of aromatic nitrogens is 3. The molecule has 3 heterocycles. The molecule has 27 heavy (non-hydrogen) atoms. The van der Waals surface area contributed by atoms with Crippen molar-refractivity contribution in [1.29, 1.82) is 0 Å². The van der Waals surface area contributed by atoms with Crippen LogP contribution < -0.4 is 0 Å². The monoisotopic (exact) mass is 365 g/mol. The van der Waals surface area contributed by atoms with Gasteiger partial charge in [0.2, 0.25) is 0 Å². The van der Waals surface area contributed by atoms with Crippen molar-refractivity contribution < 1.29 is 4.74 Å². The summed E-state index contributed by atoms with van der Waals surface area (Å²) in [6.45, 7) is 2.81. The number of pyridine rings is 1. The van der Waals surface area contributed by atoms with Gasteiger partial charge in [0.15, 0.2) is 0 Å². The molecular formula is C23H31N3O. The molecule has 0 radical (unpaired) electrons. The fourth-order valence-corrected chi connectivity index (χ4v) is 5.14. The van der Waals surface area contributed by atoms with Crippen LogP contribution in [0.5, 0.6) is 0 Å². The van der Waals surface area contributed by atoms with Crippen LogP contribution in [0, 0.1) is 6.92 Å². The van der Waals surface area contributed by atoms with Crippen molar-refractivity contribution in [3.63, 3.8) is 0 Å². The van der Waals surface area contributed by atoms with Gasteiger partial charge in [0, 0.05) is 36.3 Å². The Morgan fingerprint density at radius 1 is 1.00 bits per heavy atom. The van der Waals surface area contributed by atoms with E-state index in [0.29, 0.717) is 0 Å². The normalized spacial score (nSPS) is 24.3. The minimum absolute atomic E-state index is 0.112. The van der Waals surface area contributed by atoms with Gasteiger partial charge < -0.3 is 4.74 Å². The molecule has 0 bridgehead atoms. The van der Waals surface area contributed by atoms with Crippen LogP contribution in [0.25, 0.3) is 0 Å². The summed E-state index contributed by atoms with van der Waals surface area (Å²) in [5, 5.41) is 0. The minimum Gasteiger partial charge on any atom is -0.375 e. The molecule has 1 saturated heterocycles. The summed E-state index contributed by atoms with van der Waals surface area (Å²) in [6, 6.07) is 6.41. The molecule has 4 rings (SSSR count). The van der Waals surface area contributed by atoms with Crippen LogP contribution >= 0.6 is 0 Å². The molecule has 1 spiro atoms. The molecule has 2 aliphatic rings. The number of aryl methyl sites for hydroxylation is 2. The second-order valence-electron chi connectivity index (χ2n) is 8.51. The Labute approximate surface area is 162 Å². The van der Waals surface area contributed by atoms with E-state index in [0.717, 1.165) is 31.7 Å². The van der Waals surface area contributed by atoms with E-state index in [4.69, 9.17) is 9.72 Å². The number of nitrogens with zero attached hydrogens (tertiary/aromatic N) is 3. The van der Waals surface area contributed by atoms with Crippen molar-refractivity contribution in [2.75, 3.05) is 6.61 Å². The van der Waals surface area contributed by atoms with Gasteiger partial charge in [-0.1, -0.05) is 25.3 Å². The molecule has 1 saturated carbocycles. The van der Waals surface area contributed by atoms with Gasteiger partial charge in [-0.15, -0.1) is 0 Å². The summed E-state index contributed by atoms with van der Waals surface area (Å²) in [5.41, 5.74) is 2.80. The Kier molecular flexibility index (Phi) is 5.53. The third kappa shape index (κ3) is 4.21. The summed E-state index contributed by atoms with van der Waals surface area (Å²) < 4.78 is 6.35. The van der Waals surface area contributed by atoms with Gasteiger partial charge in [0.1, 0.15) is 5.82 Å². The molecule has 0 aromatic carbocycles. The maximum absolute atomic E-state index is 6.35. The van der Waals surface area contributed by atoms with Crippen LogP contribution in [0.4, 0.5) is 0 Å². The lowest BCUT2D eigenvalue weighted by Crippen LogP contribution is -2.46. The molecule has 0 N–H and O–H groups in total. The standard InChI is InChI=1S/C23H31N3O/c1-19-25-16-20(17-26-19)8-2-4-10-22(21-9-3-7-14-24-21)13-15-27-23(18-22)11-5-6-12-23/h3,7,9,14,16-17H,2,4-6,8,10-13,15,18H2,1H3. The van der Waals surface area contributed by atoms with Crippen molar-refractivity contribution in [2.45, 2.75) is 82.1 Å². The SMILES string of the molecule is Cc1ncc(CCCCC2(c3ccccn3)CCOC3(CCCC3)C2)cn1. The van der Waals surface area contributed by atoms with Gasteiger partial charge in [-0.2, -0.15) is 0 Å². The van der Waals surface area contributed by atoms with E-state index in [1.54, 1.807) is 0 Å². The zero-order valence-electron chi connectivity index (χ0n) is 16.5. The quantitative estimate of drug-likeness (QED) is 0.679. The van der Waals surface area contributed by atoms with Crippen LogP contribution in [0.15, 0.2) is 36.8 Å². The molecule has 0 amide bonds. The molecule has 2 aromatic heterocycles. The van der Waals surface area contributed by atoms with Crippen molar-refractivity contribution >= 4 is 0 Å². The van der Waals surface area contributed by atoms with Gasteiger partial charge in [-0.05, 0) is 69.6 Å². The van der Waals surface area contributed by atoms with E-state index >= 15 is 0 Å². The predicted octanol–water partition coefficient (Wildman–Crippen LogP) is 4.95. The highest BCUT2D eigenvalue weighted by Crippen LogP contribution is 2.50. The van der Waals surface area contributed by atoms with Crippen LogP contribution in [-0.2, 0) is 16.6 Å². The first kappa shape index (κ1) is 18.5. The van der Waals surface area contributed by atoms with Gasteiger partial charge in [0.25, 0.3) is 0 Å². The van der Waals surface area contributed by atoms with E-state index in [1.165, 1.54) is 56.2 Å². The summed E-state index contributed by atoms with van der Waals surface area (Å²) in [7, 11) is 0. The Balaban J connectivity index is 1.45. The van der Waals surface area contributed by atoms with E-state index in [2.05, 4.69) is 22.1 Å². The lowest BCUT2D eigenvalue weighted by molar-refractivity contribution is -0.104. The van der Waals surface area contributed by atoms with Crippen molar-refractivity contribution in [2.24, 2.45) is 0 Å². The van der Waals surface area contributed by atoms with E-state index in [1.807, 2.05) is 31.6 Å². The minimum atomic E-state index is 0.112. The van der Waals surface area contributed by atoms with Crippen LogP contribution in [-0.4, -0.2) is 27.2 Å². The first-order valence-electron chi connectivity index (χ1n) is 10.5. The second-order valence-corrected chi connectivity index (χ2v) is 8.51. The molecule has 4 heteroatoms. The average Bonchev–Trinajstić information content (AvgIpc) is 3.15. The number of hydrogen-bond donors (Lipinski definition) is 0. The number of rotatable bonds is 6. The van der Waals surface area contributed by atoms with Gasteiger partial charge in [0.05, 0.1) is 5.60 Å². The lowest BCUT2D eigenvalue weighted by Gasteiger charge is -2.46. The van der Waals surface area contributed by atoms with E-state index in [9.17, 15) is 0 Å². The summed E-state index contributed by atoms with van der Waals surface area (Å²) >= 11 is 0. The molecule has 1 aliphatic carbocycles. The molecule has 2 aromatic rings. The van der Waals surface area contributed by atoms with E-state index < -0.39 is 0 Å². The fourth-order valence-electron chi connectivity index (χ4n) is 5.14. The Hall–Kier alpha value is -1.81. The molecule has 2 fully saturated rings. The zero-order chi connectivity index (χ0) is 18.6. The number of hydrogen-bond acceptors (Lipinski definition) is 4. The predicted molar refractivity (Wildman–Crippen MR) is 107 cm³/mol. The molecule has 1 unspecified atom stereocenters. The highest BCUT2D eigenvalue weighted by atomic mass is 16.5. The average molecular weight is 366 g/mol. The van der Waals surface area contributed by atoms with Gasteiger partial charge >= 0.3 is 0 Å². The van der Waals surface area contributed by atoms with Crippen molar-refractivity contribution in [1.82, 2.24) is 15.0 Å². The first-order chi connectivity index (χ1) is 13.2. The van der Waals surface area contributed by atoms with Gasteiger partial charge in [-0.3, -0.25) is 4.98 Å². The molecule has 4 nitrogen and oxygen atoms in total. The maximum Gasteiger partial charge on any atom is 0.125 e. The van der Waals surface area contributed by atoms with Crippen LogP contribution in [0.2, 0.25) is 0 Å². The second kappa shape index (κ2) is 8.05. The smallest absolute Gasteiger partial charge is 0.125 e.